The second-order valence-electron chi connectivity index (χ2n) is 10.8. The first-order valence-corrected chi connectivity index (χ1v) is 14.9. The van der Waals surface area contributed by atoms with Crippen molar-refractivity contribution < 1.29 is 29.0 Å². The molecule has 6 heteroatoms. The van der Waals surface area contributed by atoms with Gasteiger partial charge in [-0.15, -0.1) is 0 Å². The molecule has 2 rings (SSSR count). The minimum atomic E-state index is -0.203. The molecule has 36 heavy (non-hydrogen) atoms. The number of aliphatic hydroxyl groups excluding tert-OH is 1. The number of esters is 2. The van der Waals surface area contributed by atoms with Gasteiger partial charge in [0.2, 0.25) is 0 Å². The third-order valence-corrected chi connectivity index (χ3v) is 7.73. The molecule has 0 radical (unpaired) electrons. The molecular formula is C30H54O6. The zero-order valence-corrected chi connectivity index (χ0v) is 23.6. The van der Waals surface area contributed by atoms with Gasteiger partial charge in [-0.3, -0.25) is 14.4 Å². The molecule has 5 unspecified atom stereocenters. The van der Waals surface area contributed by atoms with Crippen LogP contribution in [0.15, 0.2) is 0 Å². The number of Topliss-reactive ketones (excluding diaryl/α,β-unsaturated/α-hetero) is 1. The summed E-state index contributed by atoms with van der Waals surface area (Å²) in [6.07, 6.45) is 14.9. The van der Waals surface area contributed by atoms with E-state index < -0.39 is 0 Å². The molecule has 0 bridgehead atoms. The van der Waals surface area contributed by atoms with E-state index in [4.69, 9.17) is 9.47 Å². The van der Waals surface area contributed by atoms with E-state index in [2.05, 4.69) is 13.8 Å². The quantitative estimate of drug-likeness (QED) is 0.181. The number of ketones is 1. The molecule has 0 aliphatic heterocycles. The van der Waals surface area contributed by atoms with E-state index >= 15 is 0 Å². The molecule has 0 amide bonds. The summed E-state index contributed by atoms with van der Waals surface area (Å²) in [5.41, 5.74) is 0. The van der Waals surface area contributed by atoms with Gasteiger partial charge in [0, 0.05) is 25.2 Å². The van der Waals surface area contributed by atoms with Gasteiger partial charge in [-0.2, -0.15) is 0 Å². The van der Waals surface area contributed by atoms with E-state index in [1.807, 2.05) is 13.8 Å². The molecular weight excluding hydrogens is 456 g/mol. The fourth-order valence-electron chi connectivity index (χ4n) is 5.65. The molecule has 0 aromatic carbocycles. The van der Waals surface area contributed by atoms with Crippen molar-refractivity contribution in [2.75, 3.05) is 13.2 Å². The topological polar surface area (TPSA) is 89.9 Å². The van der Waals surface area contributed by atoms with Crippen molar-refractivity contribution in [1.82, 2.24) is 0 Å². The average Bonchev–Trinajstić information content (AvgIpc) is 3.38. The van der Waals surface area contributed by atoms with Crippen LogP contribution in [-0.4, -0.2) is 42.1 Å². The van der Waals surface area contributed by atoms with E-state index in [9.17, 15) is 19.5 Å². The first-order valence-electron chi connectivity index (χ1n) is 14.9. The Hall–Kier alpha value is -1.43. The van der Waals surface area contributed by atoms with E-state index in [0.717, 1.165) is 51.4 Å². The molecule has 0 aromatic rings. The van der Waals surface area contributed by atoms with E-state index in [1.165, 1.54) is 32.1 Å². The third-order valence-electron chi connectivity index (χ3n) is 7.73. The molecule has 2 aliphatic rings. The molecule has 2 fully saturated rings. The van der Waals surface area contributed by atoms with Crippen LogP contribution in [0.5, 0.6) is 0 Å². The number of unbranched alkanes of at least 4 members (excludes halogenated alkanes) is 4. The van der Waals surface area contributed by atoms with Gasteiger partial charge in [-0.25, -0.2) is 0 Å². The summed E-state index contributed by atoms with van der Waals surface area (Å²) >= 11 is 0. The minimum Gasteiger partial charge on any atom is -0.466 e. The normalized spacial score (nSPS) is 25.4. The molecule has 0 heterocycles. The minimum absolute atomic E-state index is 0.0866. The Balaban J connectivity index is 0.000000360. The Labute approximate surface area is 220 Å². The lowest BCUT2D eigenvalue weighted by Gasteiger charge is -2.21. The summed E-state index contributed by atoms with van der Waals surface area (Å²) in [6.45, 7) is 9.36. The van der Waals surface area contributed by atoms with Crippen molar-refractivity contribution in [2.45, 2.75) is 137 Å². The lowest BCUT2D eigenvalue weighted by molar-refractivity contribution is -0.146. The molecule has 0 saturated heterocycles. The van der Waals surface area contributed by atoms with Crippen molar-refractivity contribution in [3.63, 3.8) is 0 Å². The predicted octanol–water partition coefficient (Wildman–Crippen LogP) is 6.80. The second-order valence-corrected chi connectivity index (χ2v) is 10.8. The first-order chi connectivity index (χ1) is 17.4. The van der Waals surface area contributed by atoms with Crippen LogP contribution in [0.1, 0.15) is 130 Å². The highest BCUT2D eigenvalue weighted by atomic mass is 16.5. The van der Waals surface area contributed by atoms with Crippen molar-refractivity contribution in [2.24, 2.45) is 23.7 Å². The first kappa shape index (κ1) is 32.6. The average molecular weight is 511 g/mol. The Morgan fingerprint density at radius 3 is 1.86 bits per heavy atom. The van der Waals surface area contributed by atoms with Gasteiger partial charge < -0.3 is 14.6 Å². The Bertz CT molecular complexity index is 619. The van der Waals surface area contributed by atoms with Crippen molar-refractivity contribution in [3.05, 3.63) is 0 Å². The van der Waals surface area contributed by atoms with Crippen LogP contribution in [0.2, 0.25) is 0 Å². The largest absolute Gasteiger partial charge is 0.466 e. The highest BCUT2D eigenvalue weighted by molar-refractivity contribution is 5.84. The summed E-state index contributed by atoms with van der Waals surface area (Å²) in [5, 5.41) is 10.00. The highest BCUT2D eigenvalue weighted by Gasteiger charge is 2.36. The fourth-order valence-corrected chi connectivity index (χ4v) is 5.65. The van der Waals surface area contributed by atoms with Crippen molar-refractivity contribution in [3.8, 4) is 0 Å². The molecule has 5 atom stereocenters. The third kappa shape index (κ3) is 12.7. The summed E-state index contributed by atoms with van der Waals surface area (Å²) in [4.78, 5) is 35.1. The molecule has 0 aromatic heterocycles. The Morgan fingerprint density at radius 1 is 0.750 bits per heavy atom. The van der Waals surface area contributed by atoms with Gasteiger partial charge in [0.1, 0.15) is 5.78 Å². The number of hydrogen-bond acceptors (Lipinski definition) is 6. The van der Waals surface area contributed by atoms with Crippen LogP contribution in [0.3, 0.4) is 0 Å². The lowest BCUT2D eigenvalue weighted by Crippen LogP contribution is -2.22. The van der Waals surface area contributed by atoms with Crippen LogP contribution < -0.4 is 0 Å². The summed E-state index contributed by atoms with van der Waals surface area (Å²) in [6, 6.07) is 0. The highest BCUT2D eigenvalue weighted by Crippen LogP contribution is 2.38. The molecule has 1 N–H and O–H groups in total. The summed E-state index contributed by atoms with van der Waals surface area (Å²) in [5.74, 6) is 1.14. The van der Waals surface area contributed by atoms with Crippen LogP contribution in [0.4, 0.5) is 0 Å². The number of rotatable bonds is 16. The van der Waals surface area contributed by atoms with Gasteiger partial charge in [0.25, 0.3) is 0 Å². The van der Waals surface area contributed by atoms with Crippen molar-refractivity contribution in [1.29, 1.82) is 0 Å². The zero-order chi connectivity index (χ0) is 26.8. The Morgan fingerprint density at radius 2 is 1.31 bits per heavy atom. The van der Waals surface area contributed by atoms with E-state index in [1.54, 1.807) is 0 Å². The number of hydrogen-bond donors (Lipinski definition) is 1. The molecule has 2 saturated carbocycles. The summed E-state index contributed by atoms with van der Waals surface area (Å²) < 4.78 is 10.3. The maximum absolute atomic E-state index is 11.8. The van der Waals surface area contributed by atoms with Gasteiger partial charge in [0.05, 0.1) is 19.3 Å². The molecule has 2 aliphatic carbocycles. The summed E-state index contributed by atoms with van der Waals surface area (Å²) in [7, 11) is 0. The smallest absolute Gasteiger partial charge is 0.306 e. The van der Waals surface area contributed by atoms with E-state index in [-0.39, 0.29) is 29.9 Å². The van der Waals surface area contributed by atoms with Crippen LogP contribution in [0, 0.1) is 23.7 Å². The van der Waals surface area contributed by atoms with Gasteiger partial charge in [-0.05, 0) is 62.7 Å². The number of carbonyl (C=O) groups is 3. The standard InChI is InChI=1S/C15H28O3.C15H26O3/c2*1-3-5-6-7-13-12(8-9-14(13)16)11-15(17)18-10-4-2/h12-14,16H,3-11H2,1-2H3;12-13H,3-11H2,1-2H3. The number of carbonyl (C=O) groups excluding carboxylic acids is 3. The molecule has 0 spiro atoms. The number of aliphatic hydroxyl groups is 1. The molecule has 6 nitrogen and oxygen atoms in total. The van der Waals surface area contributed by atoms with Crippen LogP contribution in [0.25, 0.3) is 0 Å². The zero-order valence-electron chi connectivity index (χ0n) is 23.6. The maximum atomic E-state index is 11.8. The van der Waals surface area contributed by atoms with Gasteiger partial charge in [0.15, 0.2) is 0 Å². The fraction of sp³-hybridized carbons (Fsp3) is 0.900. The SMILES string of the molecule is CCCCCC1C(=O)CCC1CC(=O)OCCC.CCCCCC1C(O)CCC1CC(=O)OCCC. The van der Waals surface area contributed by atoms with Crippen molar-refractivity contribution >= 4 is 17.7 Å². The van der Waals surface area contributed by atoms with Crippen LogP contribution >= 0.6 is 0 Å². The van der Waals surface area contributed by atoms with Crippen LogP contribution in [-0.2, 0) is 23.9 Å². The van der Waals surface area contributed by atoms with Gasteiger partial charge >= 0.3 is 11.9 Å². The molecule has 210 valence electrons. The number of ether oxygens (including phenoxy) is 2. The van der Waals surface area contributed by atoms with Gasteiger partial charge in [-0.1, -0.05) is 66.2 Å². The maximum Gasteiger partial charge on any atom is 0.306 e. The lowest BCUT2D eigenvalue weighted by atomic mass is 9.87. The van der Waals surface area contributed by atoms with E-state index in [0.29, 0.717) is 50.1 Å². The predicted molar refractivity (Wildman–Crippen MR) is 143 cm³/mol. The Kier molecular flexibility index (Phi) is 17.8. The second kappa shape index (κ2) is 19.7. The monoisotopic (exact) mass is 510 g/mol.